The molecule has 0 radical (unpaired) electrons. The molecule has 0 aliphatic heterocycles. The van der Waals surface area contributed by atoms with Crippen LogP contribution in [0, 0.1) is 0 Å². The van der Waals surface area contributed by atoms with E-state index in [2.05, 4.69) is 11.4 Å². The maximum absolute atomic E-state index is 12.5. The molecule has 0 spiro atoms. The fourth-order valence-electron chi connectivity index (χ4n) is 3.18. The predicted octanol–water partition coefficient (Wildman–Crippen LogP) is 3.94. The summed E-state index contributed by atoms with van der Waals surface area (Å²) in [5.41, 5.74) is 5.11. The number of benzene rings is 2. The van der Waals surface area contributed by atoms with Crippen LogP contribution < -0.4 is 5.32 Å². The number of hydrogen-bond donors (Lipinski definition) is 1. The molecule has 1 aliphatic rings. The quantitative estimate of drug-likeness (QED) is 0.699. The molecule has 0 bridgehead atoms. The fraction of sp³-hybridized carbons (Fsp3) is 0.200. The molecule has 0 fully saturated rings. The van der Waals surface area contributed by atoms with Crippen molar-refractivity contribution in [3.05, 3.63) is 70.2 Å². The Balaban J connectivity index is 1.69. The van der Waals surface area contributed by atoms with Crippen molar-refractivity contribution in [2.75, 3.05) is 5.32 Å². The van der Waals surface area contributed by atoms with Crippen LogP contribution >= 0.6 is 0 Å². The second kappa shape index (κ2) is 6.76. The van der Waals surface area contributed by atoms with E-state index in [-0.39, 0.29) is 20.6 Å². The Morgan fingerprint density at radius 1 is 0.958 bits per heavy atom. The number of nitrogens with zero attached hydrogens (tertiary/aromatic N) is 1. The molecule has 3 aromatic rings. The number of nitrogens with one attached hydrogen (secondary N) is 1. The summed E-state index contributed by atoms with van der Waals surface area (Å²) in [6.07, 6.45) is 4.85. The number of fused-ring (bicyclic) bond motifs is 1. The van der Waals surface area contributed by atoms with E-state index < -0.39 is 0 Å². The van der Waals surface area contributed by atoms with Gasteiger partial charge in [0.15, 0.2) is 0 Å². The SMILES string of the molecule is O=C(Nc1ccccc1-c1n[se]c2c1CCCC2)c1ccccc1. The van der Waals surface area contributed by atoms with E-state index >= 15 is 0 Å². The second-order valence-electron chi connectivity index (χ2n) is 6.01. The number of hydrogen-bond acceptors (Lipinski definition) is 2. The van der Waals surface area contributed by atoms with Crippen LogP contribution in [0.3, 0.4) is 0 Å². The number of para-hydroxylation sites is 1. The molecule has 1 aromatic heterocycles. The molecule has 1 heterocycles. The van der Waals surface area contributed by atoms with Gasteiger partial charge in [0.05, 0.1) is 0 Å². The molecule has 1 aliphatic carbocycles. The van der Waals surface area contributed by atoms with Crippen LogP contribution in [0.5, 0.6) is 0 Å². The van der Waals surface area contributed by atoms with Gasteiger partial charge in [-0.2, -0.15) is 0 Å². The van der Waals surface area contributed by atoms with Gasteiger partial charge in [0.1, 0.15) is 0 Å². The Morgan fingerprint density at radius 3 is 2.58 bits per heavy atom. The number of aryl methyl sites for hydroxylation is 1. The Morgan fingerprint density at radius 2 is 1.71 bits per heavy atom. The predicted molar refractivity (Wildman–Crippen MR) is 97.7 cm³/mol. The molecule has 120 valence electrons. The van der Waals surface area contributed by atoms with Gasteiger partial charge in [-0.3, -0.25) is 0 Å². The monoisotopic (exact) mass is 382 g/mol. The molecule has 1 amide bonds. The van der Waals surface area contributed by atoms with E-state index in [1.54, 1.807) is 4.44 Å². The average molecular weight is 381 g/mol. The number of carbonyl (C=O) groups excluding carboxylic acids is 1. The summed E-state index contributed by atoms with van der Waals surface area (Å²) < 4.78 is 6.39. The first-order valence-electron chi connectivity index (χ1n) is 8.26. The first kappa shape index (κ1) is 15.4. The number of anilines is 1. The zero-order valence-corrected chi connectivity index (χ0v) is 15.0. The van der Waals surface area contributed by atoms with Crippen LogP contribution in [0.25, 0.3) is 11.3 Å². The maximum atomic E-state index is 12.5. The van der Waals surface area contributed by atoms with Crippen molar-refractivity contribution in [1.82, 2.24) is 3.98 Å². The molecule has 0 atom stereocenters. The van der Waals surface area contributed by atoms with Gasteiger partial charge in [-0.25, -0.2) is 0 Å². The summed E-state index contributed by atoms with van der Waals surface area (Å²) in [5, 5.41) is 3.06. The molecule has 3 nitrogen and oxygen atoms in total. The summed E-state index contributed by atoms with van der Waals surface area (Å²) in [4.78, 5) is 12.5. The van der Waals surface area contributed by atoms with Gasteiger partial charge in [0.2, 0.25) is 0 Å². The number of amides is 1. The van der Waals surface area contributed by atoms with Crippen molar-refractivity contribution in [3.63, 3.8) is 0 Å². The summed E-state index contributed by atoms with van der Waals surface area (Å²) in [7, 11) is 0. The Hall–Kier alpha value is -2.16. The molecule has 4 rings (SSSR count). The third kappa shape index (κ3) is 2.95. The van der Waals surface area contributed by atoms with Gasteiger partial charge < -0.3 is 0 Å². The minimum absolute atomic E-state index is 0.0787. The van der Waals surface area contributed by atoms with E-state index in [0.29, 0.717) is 5.56 Å². The summed E-state index contributed by atoms with van der Waals surface area (Å²) >= 11 is 0.238. The van der Waals surface area contributed by atoms with Crippen LogP contribution in [0.15, 0.2) is 54.6 Å². The second-order valence-corrected chi connectivity index (χ2v) is 7.81. The Bertz CT molecular complexity index is 870. The zero-order valence-electron chi connectivity index (χ0n) is 13.3. The van der Waals surface area contributed by atoms with E-state index in [4.69, 9.17) is 3.98 Å². The zero-order chi connectivity index (χ0) is 16.4. The summed E-state index contributed by atoms with van der Waals surface area (Å²) in [6.45, 7) is 0. The molecule has 0 saturated heterocycles. The van der Waals surface area contributed by atoms with Crippen LogP contribution in [0.2, 0.25) is 0 Å². The minimum atomic E-state index is -0.0787. The molecule has 2 aromatic carbocycles. The van der Waals surface area contributed by atoms with Crippen LogP contribution in [0.1, 0.15) is 33.2 Å². The van der Waals surface area contributed by atoms with Crippen molar-refractivity contribution >= 4 is 26.3 Å². The number of rotatable bonds is 3. The van der Waals surface area contributed by atoms with E-state index in [0.717, 1.165) is 23.4 Å². The molecular weight excluding hydrogens is 363 g/mol. The molecule has 0 saturated carbocycles. The summed E-state index contributed by atoms with van der Waals surface area (Å²) in [6, 6.07) is 17.3. The number of carbonyl (C=O) groups is 1. The third-order valence-corrected chi connectivity index (χ3v) is 6.40. The van der Waals surface area contributed by atoms with Gasteiger partial charge in [-0.1, -0.05) is 0 Å². The first-order valence-corrected chi connectivity index (χ1v) is 9.88. The molecule has 1 N–H and O–H groups in total. The van der Waals surface area contributed by atoms with Crippen molar-refractivity contribution in [3.8, 4) is 11.3 Å². The molecule has 24 heavy (non-hydrogen) atoms. The summed E-state index contributed by atoms with van der Waals surface area (Å²) in [5.74, 6) is -0.0787. The normalized spacial score (nSPS) is 13.3. The van der Waals surface area contributed by atoms with Crippen LogP contribution in [-0.4, -0.2) is 24.6 Å². The molecule has 0 unspecified atom stereocenters. The van der Waals surface area contributed by atoms with Gasteiger partial charge >= 0.3 is 148 Å². The van der Waals surface area contributed by atoms with Crippen LogP contribution in [0.4, 0.5) is 5.69 Å². The topological polar surface area (TPSA) is 42.0 Å². The number of aromatic nitrogens is 1. The van der Waals surface area contributed by atoms with Crippen molar-refractivity contribution in [2.45, 2.75) is 25.7 Å². The third-order valence-electron chi connectivity index (χ3n) is 4.42. The van der Waals surface area contributed by atoms with Crippen molar-refractivity contribution < 1.29 is 4.79 Å². The molecular formula is C20H18N2OSe. The van der Waals surface area contributed by atoms with Crippen molar-refractivity contribution in [2.24, 2.45) is 0 Å². The van der Waals surface area contributed by atoms with E-state index in [9.17, 15) is 4.79 Å². The van der Waals surface area contributed by atoms with Gasteiger partial charge in [-0.15, -0.1) is 0 Å². The van der Waals surface area contributed by atoms with Gasteiger partial charge in [0, 0.05) is 0 Å². The van der Waals surface area contributed by atoms with Crippen molar-refractivity contribution in [1.29, 1.82) is 0 Å². The van der Waals surface area contributed by atoms with E-state index in [1.807, 2.05) is 48.5 Å². The van der Waals surface area contributed by atoms with Crippen LogP contribution in [-0.2, 0) is 12.8 Å². The van der Waals surface area contributed by atoms with Gasteiger partial charge in [0.25, 0.3) is 0 Å². The van der Waals surface area contributed by atoms with Gasteiger partial charge in [-0.05, 0) is 0 Å². The standard InChI is InChI=1S/C20H18N2OSe/c23-20(14-8-2-1-3-9-14)21-17-12-6-4-10-15(17)19-16-11-5-7-13-18(16)24-22-19/h1-4,6,8-10,12H,5,7,11,13H2,(H,21,23). The Kier molecular flexibility index (Phi) is 4.33. The average Bonchev–Trinajstić information content (AvgIpc) is 3.07. The first-order chi connectivity index (χ1) is 11.8. The molecule has 4 heteroatoms. The van der Waals surface area contributed by atoms with E-state index in [1.165, 1.54) is 24.8 Å². The fourth-order valence-corrected chi connectivity index (χ4v) is 5.18. The Labute approximate surface area is 147 Å².